The smallest absolute Gasteiger partial charge is 0.306 e. The Balaban J connectivity index is 1.66. The lowest BCUT2D eigenvalue weighted by Crippen LogP contribution is -2.30. The summed E-state index contributed by atoms with van der Waals surface area (Å²) in [5.41, 5.74) is 0.428. The first-order valence-electron chi connectivity index (χ1n) is 8.50. The molecule has 6 nitrogen and oxygen atoms in total. The van der Waals surface area contributed by atoms with Gasteiger partial charge < -0.3 is 19.5 Å². The molecule has 0 aliphatic carbocycles. The number of ether oxygens (including phenoxy) is 3. The van der Waals surface area contributed by atoms with Crippen molar-refractivity contribution in [2.75, 3.05) is 19.0 Å². The van der Waals surface area contributed by atoms with Gasteiger partial charge >= 0.3 is 5.97 Å². The van der Waals surface area contributed by atoms with E-state index in [-0.39, 0.29) is 6.42 Å². The van der Waals surface area contributed by atoms with E-state index in [9.17, 15) is 14.0 Å². The number of carbonyl (C=O) groups is 2. The number of esters is 1. The van der Waals surface area contributed by atoms with Crippen LogP contribution in [0.25, 0.3) is 0 Å². The zero-order valence-electron chi connectivity index (χ0n) is 15.2. The Morgan fingerprint density at radius 3 is 2.30 bits per heavy atom. The molecular formula is C20H22FNO5. The van der Waals surface area contributed by atoms with Crippen LogP contribution in [-0.2, 0) is 14.3 Å². The van der Waals surface area contributed by atoms with Gasteiger partial charge in [0, 0.05) is 12.1 Å². The number of amides is 1. The highest BCUT2D eigenvalue weighted by atomic mass is 19.1. The summed E-state index contributed by atoms with van der Waals surface area (Å²) in [4.78, 5) is 23.8. The minimum absolute atomic E-state index is 0.129. The van der Waals surface area contributed by atoms with E-state index in [4.69, 9.17) is 14.2 Å². The van der Waals surface area contributed by atoms with Crippen molar-refractivity contribution in [3.63, 3.8) is 0 Å². The van der Waals surface area contributed by atoms with E-state index in [1.54, 1.807) is 31.4 Å². The molecule has 7 heteroatoms. The lowest BCUT2D eigenvalue weighted by atomic mass is 10.3. The molecule has 2 aromatic carbocycles. The number of halogens is 1. The van der Waals surface area contributed by atoms with Gasteiger partial charge in [-0.05, 0) is 61.9 Å². The summed E-state index contributed by atoms with van der Waals surface area (Å²) in [6, 6.07) is 12.4. The van der Waals surface area contributed by atoms with Crippen LogP contribution >= 0.6 is 0 Å². The Hall–Kier alpha value is -3.09. The number of benzene rings is 2. The molecule has 0 spiro atoms. The molecule has 2 rings (SSSR count). The highest BCUT2D eigenvalue weighted by Gasteiger charge is 2.17. The predicted molar refractivity (Wildman–Crippen MR) is 98.3 cm³/mol. The van der Waals surface area contributed by atoms with Gasteiger partial charge in [0.05, 0.1) is 13.7 Å². The average molecular weight is 375 g/mol. The number of carbonyl (C=O) groups excluding carboxylic acids is 2. The second kappa shape index (κ2) is 10.2. The number of hydrogen-bond donors (Lipinski definition) is 1. The molecular weight excluding hydrogens is 353 g/mol. The third-order valence-electron chi connectivity index (χ3n) is 3.64. The number of anilines is 1. The highest BCUT2D eigenvalue weighted by Crippen LogP contribution is 2.17. The van der Waals surface area contributed by atoms with Crippen LogP contribution < -0.4 is 14.8 Å². The predicted octanol–water partition coefficient (Wildman–Crippen LogP) is 3.56. The largest absolute Gasteiger partial charge is 0.497 e. The molecule has 0 bridgehead atoms. The Morgan fingerprint density at radius 2 is 1.67 bits per heavy atom. The monoisotopic (exact) mass is 375 g/mol. The molecule has 27 heavy (non-hydrogen) atoms. The molecule has 0 saturated heterocycles. The molecule has 1 atom stereocenters. The minimum Gasteiger partial charge on any atom is -0.497 e. The van der Waals surface area contributed by atoms with Crippen LogP contribution in [0.1, 0.15) is 19.8 Å². The van der Waals surface area contributed by atoms with Gasteiger partial charge in [-0.3, -0.25) is 9.59 Å². The summed E-state index contributed by atoms with van der Waals surface area (Å²) in [5, 5.41) is 2.55. The minimum atomic E-state index is -0.954. The second-order valence-corrected chi connectivity index (χ2v) is 5.76. The van der Waals surface area contributed by atoms with Crippen LogP contribution in [0.2, 0.25) is 0 Å². The van der Waals surface area contributed by atoms with Crippen molar-refractivity contribution in [3.8, 4) is 11.5 Å². The maximum Gasteiger partial charge on any atom is 0.306 e. The zero-order chi connectivity index (χ0) is 19.6. The highest BCUT2D eigenvalue weighted by molar-refractivity contribution is 5.95. The lowest BCUT2D eigenvalue weighted by molar-refractivity contribution is -0.153. The maximum absolute atomic E-state index is 12.8. The zero-order valence-corrected chi connectivity index (χ0v) is 15.2. The van der Waals surface area contributed by atoms with Gasteiger partial charge in [-0.1, -0.05) is 0 Å². The summed E-state index contributed by atoms with van der Waals surface area (Å²) < 4.78 is 28.5. The Kier molecular flexibility index (Phi) is 7.61. The number of methoxy groups -OCH3 is 1. The van der Waals surface area contributed by atoms with Crippen molar-refractivity contribution >= 4 is 17.6 Å². The van der Waals surface area contributed by atoms with Crippen molar-refractivity contribution in [3.05, 3.63) is 54.3 Å². The standard InChI is InChI=1S/C20H22FNO5/c1-14(20(24)22-16-7-5-15(21)6-8-16)27-19(23)4-3-13-26-18-11-9-17(25-2)10-12-18/h5-12,14H,3-4,13H2,1-2H3,(H,22,24)/t14-/m0/s1. The van der Waals surface area contributed by atoms with Crippen LogP contribution in [0, 0.1) is 5.82 Å². The molecule has 0 aliphatic heterocycles. The van der Waals surface area contributed by atoms with Gasteiger partial charge in [0.25, 0.3) is 5.91 Å². The molecule has 1 N–H and O–H groups in total. The number of hydrogen-bond acceptors (Lipinski definition) is 5. The van der Waals surface area contributed by atoms with E-state index < -0.39 is 23.8 Å². The van der Waals surface area contributed by atoms with Crippen LogP contribution in [0.15, 0.2) is 48.5 Å². The van der Waals surface area contributed by atoms with E-state index in [0.717, 1.165) is 5.75 Å². The average Bonchev–Trinajstić information content (AvgIpc) is 2.67. The fourth-order valence-corrected chi connectivity index (χ4v) is 2.17. The van der Waals surface area contributed by atoms with Gasteiger partial charge in [0.15, 0.2) is 6.10 Å². The molecule has 0 fully saturated rings. The summed E-state index contributed by atoms with van der Waals surface area (Å²) in [6.07, 6.45) is -0.369. The van der Waals surface area contributed by atoms with E-state index in [1.807, 2.05) is 0 Å². The van der Waals surface area contributed by atoms with Crippen LogP contribution in [-0.4, -0.2) is 31.7 Å². The molecule has 144 valence electrons. The van der Waals surface area contributed by atoms with Crippen molar-refractivity contribution < 1.29 is 28.2 Å². The van der Waals surface area contributed by atoms with Gasteiger partial charge in [-0.25, -0.2) is 4.39 Å². The fourth-order valence-electron chi connectivity index (χ4n) is 2.17. The van der Waals surface area contributed by atoms with Crippen LogP contribution in [0.4, 0.5) is 10.1 Å². The van der Waals surface area contributed by atoms with Gasteiger partial charge in [0.2, 0.25) is 0 Å². The molecule has 0 aliphatic rings. The summed E-state index contributed by atoms with van der Waals surface area (Å²) in [7, 11) is 1.59. The van der Waals surface area contributed by atoms with Crippen molar-refractivity contribution in [1.29, 1.82) is 0 Å². The van der Waals surface area contributed by atoms with E-state index in [0.29, 0.717) is 24.5 Å². The molecule has 0 saturated carbocycles. The van der Waals surface area contributed by atoms with Crippen molar-refractivity contribution in [1.82, 2.24) is 0 Å². The molecule has 0 heterocycles. The summed E-state index contributed by atoms with van der Waals surface area (Å²) in [6.45, 7) is 1.82. The SMILES string of the molecule is COc1ccc(OCCCC(=O)O[C@@H](C)C(=O)Nc2ccc(F)cc2)cc1. The first-order chi connectivity index (χ1) is 13.0. The summed E-state index contributed by atoms with van der Waals surface area (Å²) >= 11 is 0. The number of rotatable bonds is 9. The Morgan fingerprint density at radius 1 is 1.04 bits per heavy atom. The van der Waals surface area contributed by atoms with Gasteiger partial charge in [-0.15, -0.1) is 0 Å². The molecule has 2 aromatic rings. The molecule has 0 radical (unpaired) electrons. The Labute approximate surface area is 157 Å². The Bertz CT molecular complexity index is 746. The van der Waals surface area contributed by atoms with E-state index in [1.165, 1.54) is 31.2 Å². The van der Waals surface area contributed by atoms with Crippen molar-refractivity contribution in [2.24, 2.45) is 0 Å². The quantitative estimate of drug-likeness (QED) is 0.536. The molecule has 0 aromatic heterocycles. The second-order valence-electron chi connectivity index (χ2n) is 5.76. The summed E-state index contributed by atoms with van der Waals surface area (Å²) in [5.74, 6) is 0.0407. The topological polar surface area (TPSA) is 73.9 Å². The van der Waals surface area contributed by atoms with E-state index >= 15 is 0 Å². The normalized spacial score (nSPS) is 11.4. The van der Waals surface area contributed by atoms with Gasteiger partial charge in [-0.2, -0.15) is 0 Å². The van der Waals surface area contributed by atoms with E-state index in [2.05, 4.69) is 5.32 Å². The molecule has 0 unspecified atom stereocenters. The number of nitrogens with one attached hydrogen (secondary N) is 1. The first kappa shape index (κ1) is 20.2. The third-order valence-corrected chi connectivity index (χ3v) is 3.64. The molecule has 1 amide bonds. The van der Waals surface area contributed by atoms with Crippen LogP contribution in [0.5, 0.6) is 11.5 Å². The van der Waals surface area contributed by atoms with Gasteiger partial charge in [0.1, 0.15) is 17.3 Å². The van der Waals surface area contributed by atoms with Crippen LogP contribution in [0.3, 0.4) is 0 Å². The lowest BCUT2D eigenvalue weighted by Gasteiger charge is -2.13. The third kappa shape index (κ3) is 6.97. The fraction of sp³-hybridized carbons (Fsp3) is 0.300. The maximum atomic E-state index is 12.8. The first-order valence-corrected chi connectivity index (χ1v) is 8.50. The van der Waals surface area contributed by atoms with Crippen molar-refractivity contribution in [2.45, 2.75) is 25.9 Å².